The minimum absolute atomic E-state index is 0.0244. The van der Waals surface area contributed by atoms with Crippen molar-refractivity contribution in [2.75, 3.05) is 19.0 Å². The van der Waals surface area contributed by atoms with Crippen molar-refractivity contribution in [3.05, 3.63) is 42.2 Å². The molecule has 33 heavy (non-hydrogen) atoms. The number of rotatable bonds is 6. The molecule has 2 aromatic carbocycles. The van der Waals surface area contributed by atoms with Crippen LogP contribution in [0.4, 0.5) is 11.5 Å². The second-order valence-corrected chi connectivity index (χ2v) is 11.7. The van der Waals surface area contributed by atoms with Crippen molar-refractivity contribution in [3.63, 3.8) is 0 Å². The van der Waals surface area contributed by atoms with Crippen LogP contribution in [0.15, 0.2) is 47.1 Å². The van der Waals surface area contributed by atoms with Crippen LogP contribution in [0.2, 0.25) is 0 Å². The number of nitrogens with one attached hydrogen (secondary N) is 1. The Balaban J connectivity index is 1.84. The van der Waals surface area contributed by atoms with E-state index in [0.717, 1.165) is 15.9 Å². The molecule has 0 unspecified atom stereocenters. The average Bonchev–Trinajstić information content (AvgIpc) is 3.24. The second-order valence-electron chi connectivity index (χ2n) is 8.18. The van der Waals surface area contributed by atoms with Crippen LogP contribution in [0.25, 0.3) is 21.1 Å². The van der Waals surface area contributed by atoms with E-state index in [-0.39, 0.29) is 10.6 Å². The van der Waals surface area contributed by atoms with E-state index in [2.05, 4.69) is 25.0 Å². The summed E-state index contributed by atoms with van der Waals surface area (Å²) in [6.45, 7) is 4.36. The zero-order chi connectivity index (χ0) is 23.8. The molecule has 0 radical (unpaired) electrons. The monoisotopic (exact) mass is 486 g/mol. The van der Waals surface area contributed by atoms with Crippen molar-refractivity contribution >= 4 is 59.8 Å². The summed E-state index contributed by atoms with van der Waals surface area (Å²) in [6.07, 6.45) is 1.37. The summed E-state index contributed by atoms with van der Waals surface area (Å²) < 4.78 is 36.8. The van der Waals surface area contributed by atoms with Crippen molar-refractivity contribution in [1.29, 1.82) is 0 Å². The number of sulfone groups is 1. The maximum Gasteiger partial charge on any atom is 0.343 e. The highest BCUT2D eigenvalue weighted by molar-refractivity contribution is 7.92. The van der Waals surface area contributed by atoms with Gasteiger partial charge in [0.15, 0.2) is 16.4 Å². The Kier molecular flexibility index (Phi) is 5.93. The van der Waals surface area contributed by atoms with E-state index in [0.29, 0.717) is 16.7 Å². The summed E-state index contributed by atoms with van der Waals surface area (Å²) in [7, 11) is -2.60. The Bertz CT molecular complexity index is 1460. The molecule has 0 aliphatic rings. The molecule has 1 N–H and O–H groups in total. The van der Waals surface area contributed by atoms with Crippen LogP contribution in [0, 0.1) is 0 Å². The lowest BCUT2D eigenvalue weighted by Crippen LogP contribution is -2.28. The highest BCUT2D eigenvalue weighted by Crippen LogP contribution is 2.37. The van der Waals surface area contributed by atoms with E-state index in [9.17, 15) is 13.2 Å². The molecule has 0 fully saturated rings. The van der Waals surface area contributed by atoms with Gasteiger partial charge < -0.3 is 14.8 Å². The van der Waals surface area contributed by atoms with E-state index in [1.807, 2.05) is 18.2 Å². The van der Waals surface area contributed by atoms with E-state index >= 15 is 0 Å². The van der Waals surface area contributed by atoms with Gasteiger partial charge in [0.25, 0.3) is 0 Å². The SMILES string of the molecule is COC(=O)COc1cc2ncnc(Nc3ccc4scnc4c3)c2cc1S(=O)(=O)C(C)(C)C. The number of thiazole rings is 1. The van der Waals surface area contributed by atoms with Crippen molar-refractivity contribution in [2.24, 2.45) is 0 Å². The molecule has 0 amide bonds. The zero-order valence-corrected chi connectivity index (χ0v) is 20.1. The van der Waals surface area contributed by atoms with Crippen molar-refractivity contribution in [1.82, 2.24) is 15.0 Å². The maximum absolute atomic E-state index is 13.4. The van der Waals surface area contributed by atoms with Crippen molar-refractivity contribution in [3.8, 4) is 5.75 Å². The third kappa shape index (κ3) is 4.46. The third-order valence-electron chi connectivity index (χ3n) is 4.96. The molecule has 172 valence electrons. The van der Waals surface area contributed by atoms with Crippen LogP contribution in [0.3, 0.4) is 0 Å². The normalized spacial score (nSPS) is 12.1. The van der Waals surface area contributed by atoms with Crippen LogP contribution in [0.1, 0.15) is 20.8 Å². The van der Waals surface area contributed by atoms with Crippen LogP contribution in [0.5, 0.6) is 5.75 Å². The minimum Gasteiger partial charge on any atom is -0.480 e. The highest BCUT2D eigenvalue weighted by atomic mass is 32.2. The Labute approximate surface area is 194 Å². The number of hydrogen-bond donors (Lipinski definition) is 1. The number of benzene rings is 2. The summed E-state index contributed by atoms with van der Waals surface area (Å²) in [5.41, 5.74) is 3.82. The van der Waals surface area contributed by atoms with E-state index < -0.39 is 27.2 Å². The minimum atomic E-state index is -3.83. The average molecular weight is 487 g/mol. The largest absolute Gasteiger partial charge is 0.480 e. The molecule has 4 rings (SSSR count). The Hall–Kier alpha value is -3.31. The number of ether oxygens (including phenoxy) is 2. The number of fused-ring (bicyclic) bond motifs is 2. The highest BCUT2D eigenvalue weighted by Gasteiger charge is 2.34. The van der Waals surface area contributed by atoms with Crippen molar-refractivity contribution < 1.29 is 22.7 Å². The van der Waals surface area contributed by atoms with Crippen LogP contribution in [-0.2, 0) is 19.4 Å². The second kappa shape index (κ2) is 8.56. The third-order valence-corrected chi connectivity index (χ3v) is 8.28. The molecular formula is C22H22N4O5S2. The first kappa shape index (κ1) is 22.9. The van der Waals surface area contributed by atoms with Gasteiger partial charge in [-0.25, -0.2) is 28.2 Å². The molecule has 0 saturated carbocycles. The fraction of sp³-hybridized carbons (Fsp3) is 0.273. The van der Waals surface area contributed by atoms with E-state index in [1.54, 1.807) is 37.6 Å². The molecule has 0 spiro atoms. The molecule has 2 heterocycles. The quantitative estimate of drug-likeness (QED) is 0.401. The molecule has 0 aliphatic heterocycles. The number of carbonyl (C=O) groups excluding carboxylic acids is 1. The number of carbonyl (C=O) groups is 1. The van der Waals surface area contributed by atoms with Gasteiger partial charge in [-0.1, -0.05) is 0 Å². The molecule has 0 aliphatic carbocycles. The molecular weight excluding hydrogens is 464 g/mol. The predicted molar refractivity (Wildman–Crippen MR) is 127 cm³/mol. The molecule has 9 nitrogen and oxygen atoms in total. The number of hydrogen-bond acceptors (Lipinski definition) is 10. The lowest BCUT2D eigenvalue weighted by atomic mass is 10.2. The predicted octanol–water partition coefficient (Wildman–Crippen LogP) is 4.11. The number of esters is 1. The first-order chi connectivity index (χ1) is 15.6. The fourth-order valence-electron chi connectivity index (χ4n) is 3.08. The van der Waals surface area contributed by atoms with Gasteiger partial charge in [-0.05, 0) is 45.0 Å². The molecule has 0 bridgehead atoms. The topological polar surface area (TPSA) is 120 Å². The van der Waals surface area contributed by atoms with Gasteiger partial charge in [-0.2, -0.15) is 0 Å². The fourth-order valence-corrected chi connectivity index (χ4v) is 5.06. The first-order valence-corrected chi connectivity index (χ1v) is 12.3. The number of anilines is 2. The van der Waals surface area contributed by atoms with E-state index in [4.69, 9.17) is 4.74 Å². The van der Waals surface area contributed by atoms with Crippen LogP contribution >= 0.6 is 11.3 Å². The Morgan fingerprint density at radius 3 is 2.61 bits per heavy atom. The van der Waals surface area contributed by atoms with Gasteiger partial charge in [0.05, 0.1) is 33.1 Å². The smallest absolute Gasteiger partial charge is 0.343 e. The van der Waals surface area contributed by atoms with E-state index in [1.165, 1.54) is 25.6 Å². The summed E-state index contributed by atoms with van der Waals surface area (Å²) in [6, 6.07) is 8.71. The molecule has 0 saturated heterocycles. The summed E-state index contributed by atoms with van der Waals surface area (Å²) in [5, 5.41) is 3.72. The molecule has 2 aromatic heterocycles. The van der Waals surface area contributed by atoms with Gasteiger partial charge in [0, 0.05) is 17.1 Å². The zero-order valence-electron chi connectivity index (χ0n) is 18.4. The van der Waals surface area contributed by atoms with Gasteiger partial charge in [-0.15, -0.1) is 11.3 Å². The Morgan fingerprint density at radius 1 is 1.09 bits per heavy atom. The summed E-state index contributed by atoms with van der Waals surface area (Å²) >= 11 is 1.54. The molecule has 11 heteroatoms. The lowest BCUT2D eigenvalue weighted by Gasteiger charge is -2.22. The standard InChI is InChI=1S/C22H22N4O5S2/c1-22(2,3)33(28,29)19-8-14-15(9-17(19)31-10-20(27)30-4)23-11-24-21(14)26-13-5-6-18-16(7-13)25-12-32-18/h5-9,11-12H,10H2,1-4H3,(H,23,24,26). The van der Waals surface area contributed by atoms with Gasteiger partial charge in [0.2, 0.25) is 0 Å². The molecule has 0 atom stereocenters. The van der Waals surface area contributed by atoms with Gasteiger partial charge in [-0.3, -0.25) is 0 Å². The molecule has 4 aromatic rings. The lowest BCUT2D eigenvalue weighted by molar-refractivity contribution is -0.142. The number of methoxy groups -OCH3 is 1. The summed E-state index contributed by atoms with van der Waals surface area (Å²) in [5.74, 6) is -0.174. The number of aromatic nitrogens is 3. The van der Waals surface area contributed by atoms with Gasteiger partial charge >= 0.3 is 5.97 Å². The van der Waals surface area contributed by atoms with Crippen LogP contribution < -0.4 is 10.1 Å². The summed E-state index contributed by atoms with van der Waals surface area (Å²) in [4.78, 5) is 24.5. The van der Waals surface area contributed by atoms with Crippen molar-refractivity contribution in [2.45, 2.75) is 30.4 Å². The maximum atomic E-state index is 13.4. The van der Waals surface area contributed by atoms with Crippen LogP contribution in [-0.4, -0.2) is 47.8 Å². The Morgan fingerprint density at radius 2 is 1.88 bits per heavy atom. The first-order valence-electron chi connectivity index (χ1n) is 9.93. The number of nitrogens with zero attached hydrogens (tertiary/aromatic N) is 3. The van der Waals surface area contributed by atoms with Gasteiger partial charge in [0.1, 0.15) is 22.8 Å².